The van der Waals surface area contributed by atoms with Crippen LogP contribution in [-0.2, 0) is 4.74 Å². The zero-order chi connectivity index (χ0) is 13.1. The zero-order valence-electron chi connectivity index (χ0n) is 11.3. The molecule has 3 heteroatoms. The second-order valence-electron chi connectivity index (χ2n) is 5.74. The molecule has 17 heavy (non-hydrogen) atoms. The molecule has 0 amide bonds. The summed E-state index contributed by atoms with van der Waals surface area (Å²) in [5.41, 5.74) is -0.136. The summed E-state index contributed by atoms with van der Waals surface area (Å²) in [6.45, 7) is 7.59. The first-order valence-corrected chi connectivity index (χ1v) is 6.47. The largest absolute Gasteiger partial charge is 0.378 e. The number of alkyl halides is 2. The fraction of sp³-hybridized carbons (Fsp3) is 0.857. The van der Waals surface area contributed by atoms with Crippen molar-refractivity contribution >= 4 is 0 Å². The fourth-order valence-electron chi connectivity index (χ4n) is 1.80. The maximum atomic E-state index is 13.5. The molecule has 0 aliphatic heterocycles. The van der Waals surface area contributed by atoms with Crippen LogP contribution in [0.5, 0.6) is 0 Å². The molecule has 0 aromatic rings. The number of rotatable bonds is 6. The van der Waals surface area contributed by atoms with Crippen molar-refractivity contribution in [3.05, 3.63) is 12.2 Å². The number of halogens is 2. The van der Waals surface area contributed by atoms with E-state index in [9.17, 15) is 8.78 Å². The third-order valence-corrected chi connectivity index (χ3v) is 3.48. The average Bonchev–Trinajstić information content (AvgIpc) is 2.14. The summed E-state index contributed by atoms with van der Waals surface area (Å²) in [6, 6.07) is 0. The van der Waals surface area contributed by atoms with Crippen molar-refractivity contribution in [3.63, 3.8) is 0 Å². The van der Waals surface area contributed by atoms with Gasteiger partial charge in [0.25, 0.3) is 5.92 Å². The third-order valence-electron chi connectivity index (χ3n) is 3.48. The molecule has 0 radical (unpaired) electrons. The molecular formula is C14H24F2O. The van der Waals surface area contributed by atoms with Crippen LogP contribution in [0.1, 0.15) is 47.0 Å². The molecule has 0 bridgehead atoms. The second kappa shape index (κ2) is 5.47. The Hall–Kier alpha value is -0.440. The normalized spacial score (nSPS) is 20.2. The summed E-state index contributed by atoms with van der Waals surface area (Å²) >= 11 is 0. The third kappa shape index (κ3) is 4.06. The first kappa shape index (κ1) is 14.6. The molecule has 1 rings (SSSR count). The van der Waals surface area contributed by atoms with E-state index < -0.39 is 11.8 Å². The summed E-state index contributed by atoms with van der Waals surface area (Å²) in [6.07, 6.45) is 5.97. The number of ether oxygens (including phenoxy) is 1. The highest BCUT2D eigenvalue weighted by atomic mass is 19.3. The van der Waals surface area contributed by atoms with Gasteiger partial charge in [-0.15, -0.1) is 0 Å². The van der Waals surface area contributed by atoms with Crippen LogP contribution in [0.4, 0.5) is 8.78 Å². The van der Waals surface area contributed by atoms with Gasteiger partial charge in [-0.25, -0.2) is 8.78 Å². The topological polar surface area (TPSA) is 9.23 Å². The van der Waals surface area contributed by atoms with Gasteiger partial charge in [0, 0.05) is 11.3 Å². The number of allylic oxidation sites excluding steroid dienone is 1. The molecule has 1 aliphatic carbocycles. The molecule has 0 heterocycles. The average molecular weight is 246 g/mol. The highest BCUT2D eigenvalue weighted by molar-refractivity contribution is 5.09. The SMILES string of the molecule is CC(C)OCC1(/C=C/C(F)(F)C(C)C)CCC1. The van der Waals surface area contributed by atoms with Crippen LogP contribution in [0, 0.1) is 11.3 Å². The van der Waals surface area contributed by atoms with Crippen LogP contribution in [-0.4, -0.2) is 18.6 Å². The Balaban J connectivity index is 2.59. The van der Waals surface area contributed by atoms with Crippen LogP contribution < -0.4 is 0 Å². The highest BCUT2D eigenvalue weighted by Crippen LogP contribution is 2.43. The summed E-state index contributed by atoms with van der Waals surface area (Å²) in [5, 5.41) is 0. The van der Waals surface area contributed by atoms with Gasteiger partial charge >= 0.3 is 0 Å². The van der Waals surface area contributed by atoms with E-state index in [-0.39, 0.29) is 11.5 Å². The minimum Gasteiger partial charge on any atom is -0.378 e. The van der Waals surface area contributed by atoms with Crippen molar-refractivity contribution < 1.29 is 13.5 Å². The van der Waals surface area contributed by atoms with E-state index in [0.717, 1.165) is 25.3 Å². The maximum absolute atomic E-state index is 13.5. The number of hydrogen-bond donors (Lipinski definition) is 0. The molecule has 0 saturated heterocycles. The summed E-state index contributed by atoms with van der Waals surface area (Å²) in [7, 11) is 0. The monoisotopic (exact) mass is 246 g/mol. The lowest BCUT2D eigenvalue weighted by Gasteiger charge is -2.40. The Kier molecular flexibility index (Phi) is 4.70. The van der Waals surface area contributed by atoms with Gasteiger partial charge in [-0.2, -0.15) is 0 Å². The Morgan fingerprint density at radius 3 is 2.18 bits per heavy atom. The molecule has 0 aromatic carbocycles. The van der Waals surface area contributed by atoms with E-state index in [1.54, 1.807) is 19.9 Å². The minimum absolute atomic E-state index is 0.136. The lowest BCUT2D eigenvalue weighted by molar-refractivity contribution is -0.0136. The van der Waals surface area contributed by atoms with Crippen LogP contribution in [0.3, 0.4) is 0 Å². The van der Waals surface area contributed by atoms with Crippen molar-refractivity contribution in [1.82, 2.24) is 0 Å². The Morgan fingerprint density at radius 1 is 1.24 bits per heavy atom. The van der Waals surface area contributed by atoms with Crippen molar-refractivity contribution in [3.8, 4) is 0 Å². The predicted octanol–water partition coefficient (Wildman–Crippen LogP) is 4.43. The molecule has 1 nitrogen and oxygen atoms in total. The van der Waals surface area contributed by atoms with Gasteiger partial charge < -0.3 is 4.74 Å². The van der Waals surface area contributed by atoms with E-state index in [1.807, 2.05) is 13.8 Å². The zero-order valence-corrected chi connectivity index (χ0v) is 11.3. The van der Waals surface area contributed by atoms with Gasteiger partial charge in [0.2, 0.25) is 0 Å². The Bertz CT molecular complexity index is 265. The predicted molar refractivity (Wildman–Crippen MR) is 66.3 cm³/mol. The molecule has 1 aliphatic rings. The lowest BCUT2D eigenvalue weighted by Crippen LogP contribution is -2.34. The van der Waals surface area contributed by atoms with Crippen LogP contribution in [0.2, 0.25) is 0 Å². The first-order chi connectivity index (χ1) is 7.77. The van der Waals surface area contributed by atoms with Gasteiger partial charge in [0.1, 0.15) is 0 Å². The smallest absolute Gasteiger partial charge is 0.268 e. The minimum atomic E-state index is -2.71. The number of hydrogen-bond acceptors (Lipinski definition) is 1. The van der Waals surface area contributed by atoms with Crippen LogP contribution in [0.15, 0.2) is 12.2 Å². The standard InChI is InChI=1S/C14H24F2O/c1-11(2)14(15,16)9-8-13(6-5-7-13)10-17-12(3)4/h8-9,11-12H,5-7,10H2,1-4H3/b9-8+. The van der Waals surface area contributed by atoms with E-state index in [0.29, 0.717) is 6.61 Å². The molecule has 100 valence electrons. The van der Waals surface area contributed by atoms with Gasteiger partial charge in [-0.3, -0.25) is 0 Å². The maximum Gasteiger partial charge on any atom is 0.268 e. The van der Waals surface area contributed by atoms with Crippen molar-refractivity contribution in [2.24, 2.45) is 11.3 Å². The molecule has 1 fully saturated rings. The molecule has 0 N–H and O–H groups in total. The van der Waals surface area contributed by atoms with Crippen LogP contribution >= 0.6 is 0 Å². The summed E-state index contributed by atoms with van der Waals surface area (Å²) in [5.74, 6) is -3.36. The molecule has 0 atom stereocenters. The van der Waals surface area contributed by atoms with Gasteiger partial charge in [-0.1, -0.05) is 26.3 Å². The van der Waals surface area contributed by atoms with E-state index in [4.69, 9.17) is 4.74 Å². The van der Waals surface area contributed by atoms with Gasteiger partial charge in [0.05, 0.1) is 12.7 Å². The van der Waals surface area contributed by atoms with Crippen molar-refractivity contribution in [1.29, 1.82) is 0 Å². The fourth-order valence-corrected chi connectivity index (χ4v) is 1.80. The van der Waals surface area contributed by atoms with E-state index in [2.05, 4.69) is 0 Å². The first-order valence-electron chi connectivity index (χ1n) is 6.47. The molecule has 1 saturated carbocycles. The summed E-state index contributed by atoms with van der Waals surface area (Å²) in [4.78, 5) is 0. The lowest BCUT2D eigenvalue weighted by atomic mass is 9.69. The highest BCUT2D eigenvalue weighted by Gasteiger charge is 2.37. The van der Waals surface area contributed by atoms with Gasteiger partial charge in [-0.05, 0) is 32.8 Å². The molecular weight excluding hydrogens is 222 g/mol. The quantitative estimate of drug-likeness (QED) is 0.630. The molecule has 0 spiro atoms. The summed E-state index contributed by atoms with van der Waals surface area (Å²) < 4.78 is 32.6. The Labute approximate surface area is 103 Å². The second-order valence-corrected chi connectivity index (χ2v) is 5.74. The van der Waals surface area contributed by atoms with Crippen molar-refractivity contribution in [2.75, 3.05) is 6.61 Å². The van der Waals surface area contributed by atoms with E-state index >= 15 is 0 Å². The molecule has 0 unspecified atom stereocenters. The van der Waals surface area contributed by atoms with Crippen LogP contribution in [0.25, 0.3) is 0 Å². The van der Waals surface area contributed by atoms with Crippen molar-refractivity contribution in [2.45, 2.75) is 59.0 Å². The van der Waals surface area contributed by atoms with E-state index in [1.165, 1.54) is 0 Å². The Morgan fingerprint density at radius 2 is 1.82 bits per heavy atom. The molecule has 0 aromatic heterocycles. The van der Waals surface area contributed by atoms with Gasteiger partial charge in [0.15, 0.2) is 0 Å².